The molecule has 0 aliphatic carbocycles. The molecule has 2 aromatic carbocycles. The Morgan fingerprint density at radius 3 is 2.70 bits per heavy atom. The zero-order valence-corrected chi connectivity index (χ0v) is 16.2. The van der Waals surface area contributed by atoms with Crippen molar-refractivity contribution in [3.8, 4) is 6.07 Å². The van der Waals surface area contributed by atoms with Crippen LogP contribution in [-0.2, 0) is 16.1 Å². The lowest BCUT2D eigenvalue weighted by molar-refractivity contribution is -0.137. The van der Waals surface area contributed by atoms with Crippen molar-refractivity contribution in [2.45, 2.75) is 6.54 Å². The number of halogens is 1. The minimum Gasteiger partial charge on any atom is -0.480 e. The number of amides is 1. The lowest BCUT2D eigenvalue weighted by atomic mass is 10.1. The highest BCUT2D eigenvalue weighted by Crippen LogP contribution is 2.24. The summed E-state index contributed by atoms with van der Waals surface area (Å²) in [5, 5.41) is 22.0. The molecule has 0 radical (unpaired) electrons. The van der Waals surface area contributed by atoms with Gasteiger partial charge >= 0.3 is 5.97 Å². The fraction of sp³-hybridized carbons (Fsp3) is 0.0500. The van der Waals surface area contributed by atoms with E-state index < -0.39 is 11.9 Å². The molecule has 1 amide bonds. The molecule has 0 atom stereocenters. The molecule has 0 aliphatic heterocycles. The van der Waals surface area contributed by atoms with E-state index in [4.69, 9.17) is 5.11 Å². The number of aromatic nitrogens is 1. The number of carbonyl (C=O) groups is 2. The van der Waals surface area contributed by atoms with Gasteiger partial charge < -0.3 is 15.0 Å². The van der Waals surface area contributed by atoms with Crippen LogP contribution in [0.3, 0.4) is 0 Å². The second-order valence-electron chi connectivity index (χ2n) is 5.76. The van der Waals surface area contributed by atoms with Gasteiger partial charge in [0.05, 0.1) is 0 Å². The average Bonchev–Trinajstić information content (AvgIpc) is 2.96. The van der Waals surface area contributed by atoms with Crippen LogP contribution in [0, 0.1) is 14.9 Å². The SMILES string of the molecule is N#CC(=Cc1cn(CC(=O)O)c2ccccc12)C(=O)Nc1cccc(I)c1. The molecule has 0 fully saturated rings. The molecule has 0 bridgehead atoms. The maximum absolute atomic E-state index is 12.5. The Morgan fingerprint density at radius 2 is 2.00 bits per heavy atom. The average molecular weight is 471 g/mol. The number of aliphatic carboxylic acids is 1. The number of para-hydroxylation sites is 1. The number of hydrogen-bond acceptors (Lipinski definition) is 3. The van der Waals surface area contributed by atoms with Crippen molar-refractivity contribution in [2.75, 3.05) is 5.32 Å². The van der Waals surface area contributed by atoms with Crippen LogP contribution in [0.25, 0.3) is 17.0 Å². The number of nitriles is 1. The minimum absolute atomic E-state index is 0.0629. The fourth-order valence-electron chi connectivity index (χ4n) is 2.74. The Hall–Kier alpha value is -3.12. The first kappa shape index (κ1) is 18.7. The molecular formula is C20H14IN3O3. The first-order valence-corrected chi connectivity index (χ1v) is 9.04. The maximum Gasteiger partial charge on any atom is 0.323 e. The topological polar surface area (TPSA) is 95.1 Å². The van der Waals surface area contributed by atoms with E-state index in [1.807, 2.05) is 36.4 Å². The summed E-state index contributed by atoms with van der Waals surface area (Å²) in [5.41, 5.74) is 1.87. The lowest BCUT2D eigenvalue weighted by Crippen LogP contribution is -2.13. The second kappa shape index (κ2) is 8.05. The highest BCUT2D eigenvalue weighted by Gasteiger charge is 2.13. The lowest BCUT2D eigenvalue weighted by Gasteiger charge is -2.04. The van der Waals surface area contributed by atoms with Crippen LogP contribution in [0.1, 0.15) is 5.56 Å². The molecule has 3 rings (SSSR count). The number of fused-ring (bicyclic) bond motifs is 1. The van der Waals surface area contributed by atoms with Gasteiger partial charge in [-0.15, -0.1) is 0 Å². The Morgan fingerprint density at radius 1 is 1.22 bits per heavy atom. The van der Waals surface area contributed by atoms with Gasteiger partial charge in [-0.05, 0) is 52.9 Å². The van der Waals surface area contributed by atoms with Gasteiger partial charge in [0.1, 0.15) is 18.2 Å². The number of carboxylic acids is 1. The van der Waals surface area contributed by atoms with Gasteiger partial charge in [-0.3, -0.25) is 9.59 Å². The molecule has 1 aromatic heterocycles. The minimum atomic E-state index is -0.969. The number of hydrogen-bond donors (Lipinski definition) is 2. The summed E-state index contributed by atoms with van der Waals surface area (Å²) in [6.07, 6.45) is 3.11. The van der Waals surface area contributed by atoms with Crippen LogP contribution in [-0.4, -0.2) is 21.6 Å². The molecule has 0 unspecified atom stereocenters. The molecule has 3 aromatic rings. The fourth-order valence-corrected chi connectivity index (χ4v) is 3.28. The summed E-state index contributed by atoms with van der Waals surface area (Å²) >= 11 is 2.14. The zero-order chi connectivity index (χ0) is 19.4. The highest BCUT2D eigenvalue weighted by molar-refractivity contribution is 14.1. The summed E-state index contributed by atoms with van der Waals surface area (Å²) in [5.74, 6) is -1.49. The third-order valence-corrected chi connectivity index (χ3v) is 4.54. The van der Waals surface area contributed by atoms with Gasteiger partial charge in [-0.1, -0.05) is 24.3 Å². The monoisotopic (exact) mass is 471 g/mol. The van der Waals surface area contributed by atoms with Gasteiger partial charge in [0, 0.05) is 31.9 Å². The van der Waals surface area contributed by atoms with Gasteiger partial charge in [0.25, 0.3) is 5.91 Å². The molecule has 6 nitrogen and oxygen atoms in total. The van der Waals surface area contributed by atoms with Gasteiger partial charge in [0.15, 0.2) is 0 Å². The number of carboxylic acid groups (broad SMARTS) is 1. The van der Waals surface area contributed by atoms with E-state index in [2.05, 4.69) is 27.9 Å². The molecule has 0 spiro atoms. The molecule has 0 saturated carbocycles. The Labute approximate surface area is 168 Å². The van der Waals surface area contributed by atoms with Crippen LogP contribution in [0.4, 0.5) is 5.69 Å². The third-order valence-electron chi connectivity index (χ3n) is 3.87. The van der Waals surface area contributed by atoms with E-state index in [1.54, 1.807) is 29.0 Å². The van der Waals surface area contributed by atoms with Gasteiger partial charge in [-0.25, -0.2) is 0 Å². The van der Waals surface area contributed by atoms with Crippen LogP contribution >= 0.6 is 22.6 Å². The number of nitrogens with one attached hydrogen (secondary N) is 1. The predicted molar refractivity (Wildman–Crippen MR) is 111 cm³/mol. The zero-order valence-electron chi connectivity index (χ0n) is 14.0. The summed E-state index contributed by atoms with van der Waals surface area (Å²) in [7, 11) is 0. The molecule has 27 heavy (non-hydrogen) atoms. The van der Waals surface area contributed by atoms with Crippen LogP contribution in [0.5, 0.6) is 0 Å². The molecule has 7 heteroatoms. The van der Waals surface area contributed by atoms with Crippen molar-refractivity contribution in [3.63, 3.8) is 0 Å². The Balaban J connectivity index is 1.97. The second-order valence-corrected chi connectivity index (χ2v) is 7.00. The Kier molecular flexibility index (Phi) is 5.57. The van der Waals surface area contributed by atoms with E-state index in [0.29, 0.717) is 11.3 Å². The first-order valence-electron chi connectivity index (χ1n) is 7.96. The smallest absolute Gasteiger partial charge is 0.323 e. The van der Waals surface area contributed by atoms with Crippen molar-refractivity contribution < 1.29 is 14.7 Å². The van der Waals surface area contributed by atoms with E-state index in [0.717, 1.165) is 14.5 Å². The number of anilines is 1. The largest absolute Gasteiger partial charge is 0.480 e. The number of nitrogens with zero attached hydrogens (tertiary/aromatic N) is 2. The predicted octanol–water partition coefficient (Wildman–Crippen LogP) is 3.88. The van der Waals surface area contributed by atoms with Crippen molar-refractivity contribution in [3.05, 3.63) is 69.4 Å². The van der Waals surface area contributed by atoms with E-state index >= 15 is 0 Å². The molecule has 0 aliphatic rings. The van der Waals surface area contributed by atoms with E-state index in [-0.39, 0.29) is 12.1 Å². The number of carbonyl (C=O) groups excluding carboxylic acids is 1. The van der Waals surface area contributed by atoms with Crippen molar-refractivity contribution in [1.29, 1.82) is 5.26 Å². The summed E-state index contributed by atoms with van der Waals surface area (Å²) in [4.78, 5) is 23.6. The van der Waals surface area contributed by atoms with Crippen molar-refractivity contribution >= 4 is 57.1 Å². The molecule has 2 N–H and O–H groups in total. The number of rotatable bonds is 5. The molecular weight excluding hydrogens is 457 g/mol. The Bertz CT molecular complexity index is 1110. The first-order chi connectivity index (χ1) is 13.0. The third kappa shape index (κ3) is 4.35. The van der Waals surface area contributed by atoms with Gasteiger partial charge in [0.2, 0.25) is 0 Å². The van der Waals surface area contributed by atoms with Crippen LogP contribution in [0.2, 0.25) is 0 Å². The summed E-state index contributed by atoms with van der Waals surface area (Å²) < 4.78 is 2.54. The summed E-state index contributed by atoms with van der Waals surface area (Å²) in [6.45, 7) is -0.203. The molecule has 134 valence electrons. The maximum atomic E-state index is 12.5. The van der Waals surface area contributed by atoms with Crippen LogP contribution in [0.15, 0.2) is 60.3 Å². The normalized spacial score (nSPS) is 11.2. The van der Waals surface area contributed by atoms with Crippen molar-refractivity contribution in [2.24, 2.45) is 0 Å². The standard InChI is InChI=1S/C20H14IN3O3/c21-15-4-3-5-16(9-15)23-20(27)13(10-22)8-14-11-24(12-19(25)26)18-7-2-1-6-17(14)18/h1-9,11H,12H2,(H,23,27)(H,25,26). The van der Waals surface area contributed by atoms with Gasteiger partial charge in [-0.2, -0.15) is 5.26 Å². The summed E-state index contributed by atoms with van der Waals surface area (Å²) in [6, 6.07) is 16.4. The quantitative estimate of drug-likeness (QED) is 0.336. The molecule has 0 saturated heterocycles. The van der Waals surface area contributed by atoms with Crippen molar-refractivity contribution in [1.82, 2.24) is 4.57 Å². The number of benzene rings is 2. The van der Waals surface area contributed by atoms with E-state index in [9.17, 15) is 14.9 Å². The molecule has 1 heterocycles. The highest BCUT2D eigenvalue weighted by atomic mass is 127. The van der Waals surface area contributed by atoms with E-state index in [1.165, 1.54) is 6.08 Å². The van der Waals surface area contributed by atoms with Crippen LogP contribution < -0.4 is 5.32 Å².